The van der Waals surface area contributed by atoms with Gasteiger partial charge in [-0.15, -0.1) is 0 Å². The molecular weight excluding hydrogens is 246 g/mol. The summed E-state index contributed by atoms with van der Waals surface area (Å²) in [5, 5.41) is 6.30. The summed E-state index contributed by atoms with van der Waals surface area (Å²) in [6.07, 6.45) is 1.57. The molecule has 2 saturated heterocycles. The molecule has 3 rings (SSSR count). The van der Waals surface area contributed by atoms with Crippen molar-refractivity contribution in [2.24, 2.45) is 0 Å². The van der Waals surface area contributed by atoms with Gasteiger partial charge in [0.1, 0.15) is 5.54 Å². The third-order valence-electron chi connectivity index (χ3n) is 3.75. The van der Waals surface area contributed by atoms with Gasteiger partial charge in [0, 0.05) is 18.8 Å². The number of carbonyl (C=O) groups is 1. The van der Waals surface area contributed by atoms with Crippen LogP contribution in [-0.2, 0) is 4.79 Å². The molecule has 4 nitrogen and oxygen atoms in total. The fraction of sp³-hybridized carbons (Fsp3) is 0.385. The third-order valence-corrected chi connectivity index (χ3v) is 3.96. The Hall–Kier alpha value is -1.62. The molecule has 1 amide bonds. The zero-order valence-corrected chi connectivity index (χ0v) is 10.8. The van der Waals surface area contributed by atoms with Gasteiger partial charge in [0.15, 0.2) is 5.11 Å². The van der Waals surface area contributed by atoms with E-state index in [2.05, 4.69) is 27.7 Å². The second-order valence-electron chi connectivity index (χ2n) is 4.81. The van der Waals surface area contributed by atoms with Gasteiger partial charge in [0.25, 0.3) is 5.91 Å². The summed E-state index contributed by atoms with van der Waals surface area (Å²) in [6.45, 7) is 1.74. The number of nitrogens with one attached hydrogen (secondary N) is 2. The first-order chi connectivity index (χ1) is 8.70. The van der Waals surface area contributed by atoms with E-state index in [4.69, 9.17) is 12.2 Å². The van der Waals surface area contributed by atoms with Crippen molar-refractivity contribution in [1.82, 2.24) is 10.6 Å². The Morgan fingerprint density at radius 1 is 1.17 bits per heavy atom. The van der Waals surface area contributed by atoms with E-state index in [1.807, 2.05) is 18.2 Å². The topological polar surface area (TPSA) is 44.4 Å². The predicted molar refractivity (Wildman–Crippen MR) is 74.5 cm³/mol. The van der Waals surface area contributed by atoms with Crippen LogP contribution in [0.5, 0.6) is 0 Å². The monoisotopic (exact) mass is 261 g/mol. The lowest BCUT2D eigenvalue weighted by Crippen LogP contribution is -2.54. The molecule has 0 atom stereocenters. The Balaban J connectivity index is 1.72. The van der Waals surface area contributed by atoms with Crippen molar-refractivity contribution in [3.63, 3.8) is 0 Å². The maximum Gasteiger partial charge on any atom is 0.251 e. The van der Waals surface area contributed by atoms with Crippen LogP contribution < -0.4 is 15.5 Å². The number of para-hydroxylation sites is 1. The van der Waals surface area contributed by atoms with Gasteiger partial charge >= 0.3 is 0 Å². The van der Waals surface area contributed by atoms with Crippen LogP contribution in [0, 0.1) is 0 Å². The van der Waals surface area contributed by atoms with E-state index in [1.54, 1.807) is 0 Å². The van der Waals surface area contributed by atoms with Crippen molar-refractivity contribution >= 4 is 28.9 Å². The molecule has 2 aliphatic rings. The SMILES string of the molecule is O=C1NC(=S)NC12CCN(c1ccccc1)CC2. The van der Waals surface area contributed by atoms with E-state index < -0.39 is 5.54 Å². The van der Waals surface area contributed by atoms with Crippen molar-refractivity contribution in [3.8, 4) is 0 Å². The van der Waals surface area contributed by atoms with Gasteiger partial charge in [-0.25, -0.2) is 0 Å². The van der Waals surface area contributed by atoms with Crippen LogP contribution >= 0.6 is 12.2 Å². The Morgan fingerprint density at radius 3 is 2.39 bits per heavy atom. The zero-order valence-electron chi connectivity index (χ0n) is 9.98. The van der Waals surface area contributed by atoms with Gasteiger partial charge in [-0.3, -0.25) is 4.79 Å². The lowest BCUT2D eigenvalue weighted by atomic mass is 9.87. The molecule has 2 heterocycles. The molecule has 18 heavy (non-hydrogen) atoms. The number of carbonyl (C=O) groups excluding carboxylic acids is 1. The molecule has 0 aliphatic carbocycles. The minimum atomic E-state index is -0.470. The van der Waals surface area contributed by atoms with E-state index in [0.29, 0.717) is 5.11 Å². The maximum atomic E-state index is 11.9. The van der Waals surface area contributed by atoms with E-state index in [1.165, 1.54) is 5.69 Å². The fourth-order valence-electron chi connectivity index (χ4n) is 2.67. The van der Waals surface area contributed by atoms with Crippen LogP contribution in [0.3, 0.4) is 0 Å². The van der Waals surface area contributed by atoms with Crippen LogP contribution in [0.15, 0.2) is 30.3 Å². The van der Waals surface area contributed by atoms with Gasteiger partial charge in [-0.1, -0.05) is 18.2 Å². The fourth-order valence-corrected chi connectivity index (χ4v) is 2.95. The van der Waals surface area contributed by atoms with Crippen LogP contribution in [0.2, 0.25) is 0 Å². The number of nitrogens with zero attached hydrogens (tertiary/aromatic N) is 1. The molecule has 2 fully saturated rings. The van der Waals surface area contributed by atoms with Crippen molar-refractivity contribution in [1.29, 1.82) is 0 Å². The van der Waals surface area contributed by atoms with Gasteiger partial charge in [-0.05, 0) is 37.2 Å². The molecule has 2 aliphatic heterocycles. The average molecular weight is 261 g/mol. The first kappa shape index (κ1) is 11.5. The summed E-state index contributed by atoms with van der Waals surface area (Å²) in [5.41, 5.74) is 0.746. The quantitative estimate of drug-likeness (QED) is 0.741. The molecule has 5 heteroatoms. The minimum Gasteiger partial charge on any atom is -0.371 e. The van der Waals surface area contributed by atoms with Crippen LogP contribution in [0.1, 0.15) is 12.8 Å². The molecule has 0 aromatic heterocycles. The standard InChI is InChI=1S/C13H15N3OS/c17-11-13(15-12(18)14-11)6-8-16(9-7-13)10-4-2-1-3-5-10/h1-5H,6-9H2,(H2,14,15,17,18). The average Bonchev–Trinajstić information content (AvgIpc) is 2.66. The van der Waals surface area contributed by atoms with Crippen LogP contribution in [0.4, 0.5) is 5.69 Å². The number of rotatable bonds is 1. The molecule has 1 aromatic carbocycles. The summed E-state index contributed by atoms with van der Waals surface area (Å²) in [6, 6.07) is 10.3. The Kier molecular flexibility index (Phi) is 2.70. The number of amides is 1. The van der Waals surface area contributed by atoms with E-state index in [0.717, 1.165) is 25.9 Å². The number of hydrogen-bond acceptors (Lipinski definition) is 3. The van der Waals surface area contributed by atoms with E-state index in [-0.39, 0.29) is 5.91 Å². The molecular formula is C13H15N3OS. The van der Waals surface area contributed by atoms with Gasteiger partial charge < -0.3 is 15.5 Å². The largest absolute Gasteiger partial charge is 0.371 e. The smallest absolute Gasteiger partial charge is 0.251 e. The predicted octanol–water partition coefficient (Wildman–Crippen LogP) is 1.03. The molecule has 0 saturated carbocycles. The summed E-state index contributed by atoms with van der Waals surface area (Å²) in [7, 11) is 0. The van der Waals surface area contributed by atoms with E-state index >= 15 is 0 Å². The molecule has 94 valence electrons. The molecule has 1 aromatic rings. The number of benzene rings is 1. The number of anilines is 1. The van der Waals surface area contributed by atoms with Gasteiger partial charge in [0.05, 0.1) is 0 Å². The van der Waals surface area contributed by atoms with Crippen LogP contribution in [0.25, 0.3) is 0 Å². The van der Waals surface area contributed by atoms with Gasteiger partial charge in [0.2, 0.25) is 0 Å². The Labute approximate surface area is 111 Å². The molecule has 0 bridgehead atoms. The zero-order chi connectivity index (χ0) is 12.6. The van der Waals surface area contributed by atoms with Crippen LogP contribution in [-0.4, -0.2) is 29.6 Å². The minimum absolute atomic E-state index is 0.0280. The summed E-state index contributed by atoms with van der Waals surface area (Å²) in [5.74, 6) is 0.0280. The van der Waals surface area contributed by atoms with Crippen molar-refractivity contribution in [2.75, 3.05) is 18.0 Å². The highest BCUT2D eigenvalue weighted by atomic mass is 32.1. The first-order valence-electron chi connectivity index (χ1n) is 6.13. The Bertz CT molecular complexity index is 480. The normalized spacial score (nSPS) is 21.9. The van der Waals surface area contributed by atoms with Crippen molar-refractivity contribution in [3.05, 3.63) is 30.3 Å². The highest BCUT2D eigenvalue weighted by Gasteiger charge is 2.46. The highest BCUT2D eigenvalue weighted by Crippen LogP contribution is 2.28. The third kappa shape index (κ3) is 1.84. The van der Waals surface area contributed by atoms with Crippen molar-refractivity contribution < 1.29 is 4.79 Å². The summed E-state index contributed by atoms with van der Waals surface area (Å²) in [4.78, 5) is 14.2. The molecule has 0 unspecified atom stereocenters. The second-order valence-corrected chi connectivity index (χ2v) is 5.22. The van der Waals surface area contributed by atoms with E-state index in [9.17, 15) is 4.79 Å². The molecule has 2 N–H and O–H groups in total. The summed E-state index contributed by atoms with van der Waals surface area (Å²) < 4.78 is 0. The summed E-state index contributed by atoms with van der Waals surface area (Å²) >= 11 is 5.02. The molecule has 0 radical (unpaired) electrons. The number of piperidine rings is 1. The maximum absolute atomic E-state index is 11.9. The lowest BCUT2D eigenvalue weighted by molar-refractivity contribution is -0.124. The number of thiocarbonyl (C=S) groups is 1. The highest BCUT2D eigenvalue weighted by molar-refractivity contribution is 7.80. The van der Waals surface area contributed by atoms with Crippen molar-refractivity contribution in [2.45, 2.75) is 18.4 Å². The number of hydrogen-bond donors (Lipinski definition) is 2. The Morgan fingerprint density at radius 2 is 1.83 bits per heavy atom. The molecule has 1 spiro atoms. The van der Waals surface area contributed by atoms with Gasteiger partial charge in [-0.2, -0.15) is 0 Å². The first-order valence-corrected chi connectivity index (χ1v) is 6.54. The second kappa shape index (κ2) is 4.24. The lowest BCUT2D eigenvalue weighted by Gasteiger charge is -2.38.